The lowest BCUT2D eigenvalue weighted by molar-refractivity contribution is -0.141. The van der Waals surface area contributed by atoms with E-state index in [2.05, 4.69) is 5.32 Å². The van der Waals surface area contributed by atoms with Gasteiger partial charge >= 0.3 is 0 Å². The van der Waals surface area contributed by atoms with Gasteiger partial charge in [0.1, 0.15) is 11.8 Å². The number of aryl methyl sites for hydroxylation is 2. The van der Waals surface area contributed by atoms with Crippen molar-refractivity contribution in [1.82, 2.24) is 10.2 Å². The van der Waals surface area contributed by atoms with Crippen LogP contribution in [0.5, 0.6) is 5.75 Å². The molecule has 1 N–H and O–H groups in total. The minimum absolute atomic E-state index is 0.0550. The van der Waals surface area contributed by atoms with Gasteiger partial charge in [0.05, 0.1) is 19.1 Å². The van der Waals surface area contributed by atoms with Crippen LogP contribution in [0.3, 0.4) is 0 Å². The van der Waals surface area contributed by atoms with E-state index in [9.17, 15) is 18.0 Å². The Morgan fingerprint density at radius 2 is 1.62 bits per heavy atom. The van der Waals surface area contributed by atoms with Crippen LogP contribution in [0, 0.1) is 13.8 Å². The number of benzene rings is 2. The maximum Gasteiger partial charge on any atom is 0.243 e. The molecule has 0 saturated carbocycles. The highest BCUT2D eigenvalue weighted by Gasteiger charge is 2.29. The second-order valence-electron chi connectivity index (χ2n) is 9.74. The van der Waals surface area contributed by atoms with Gasteiger partial charge in [-0.25, -0.2) is 8.42 Å². The van der Waals surface area contributed by atoms with Crippen LogP contribution >= 0.6 is 0 Å². The van der Waals surface area contributed by atoms with Crippen molar-refractivity contribution in [3.05, 3.63) is 59.2 Å². The van der Waals surface area contributed by atoms with Crippen LogP contribution in [0.25, 0.3) is 0 Å². The number of carbonyl (C=O) groups excluding carboxylic acids is 2. The fourth-order valence-corrected chi connectivity index (χ4v) is 5.28. The average Bonchev–Trinajstić information content (AvgIpc) is 2.80. The molecule has 0 radical (unpaired) electrons. The smallest absolute Gasteiger partial charge is 0.243 e. The van der Waals surface area contributed by atoms with E-state index >= 15 is 0 Å². The summed E-state index contributed by atoms with van der Waals surface area (Å²) in [6.45, 7) is 9.91. The van der Waals surface area contributed by atoms with Crippen LogP contribution in [0.4, 0.5) is 5.69 Å². The molecule has 0 fully saturated rings. The number of ether oxygens (including phenoxy) is 1. The lowest BCUT2D eigenvalue weighted by Crippen LogP contribution is -2.50. The van der Waals surface area contributed by atoms with Gasteiger partial charge in [0.15, 0.2) is 0 Å². The molecule has 1 unspecified atom stereocenters. The number of rotatable bonds is 13. The first-order valence-corrected chi connectivity index (χ1v) is 14.5. The van der Waals surface area contributed by atoms with Crippen LogP contribution < -0.4 is 14.4 Å². The number of carbonyl (C=O) groups is 2. The van der Waals surface area contributed by atoms with Gasteiger partial charge in [-0.2, -0.15) is 0 Å². The molecule has 0 aromatic heterocycles. The second kappa shape index (κ2) is 13.5. The molecule has 2 rings (SSSR count). The molecule has 9 heteroatoms. The molecule has 0 heterocycles. The fourth-order valence-electron chi connectivity index (χ4n) is 4.33. The molecule has 37 heavy (non-hydrogen) atoms. The first-order valence-electron chi connectivity index (χ1n) is 12.6. The molecule has 0 aliphatic rings. The van der Waals surface area contributed by atoms with E-state index in [1.807, 2.05) is 77.1 Å². The van der Waals surface area contributed by atoms with Gasteiger partial charge in [-0.3, -0.25) is 13.9 Å². The van der Waals surface area contributed by atoms with E-state index in [0.29, 0.717) is 24.3 Å². The van der Waals surface area contributed by atoms with E-state index in [4.69, 9.17) is 4.74 Å². The Kier molecular flexibility index (Phi) is 11.0. The highest BCUT2D eigenvalue weighted by atomic mass is 32.2. The van der Waals surface area contributed by atoms with Crippen LogP contribution in [0.15, 0.2) is 42.5 Å². The predicted molar refractivity (Wildman–Crippen MR) is 148 cm³/mol. The summed E-state index contributed by atoms with van der Waals surface area (Å²) in [5, 5.41) is 2.92. The summed E-state index contributed by atoms with van der Waals surface area (Å²) in [5.74, 6) is 0.307. The van der Waals surface area contributed by atoms with Crippen LogP contribution in [-0.2, 0) is 26.2 Å². The average molecular weight is 532 g/mol. The minimum atomic E-state index is -3.54. The van der Waals surface area contributed by atoms with Gasteiger partial charge in [-0.1, -0.05) is 25.1 Å². The van der Waals surface area contributed by atoms with Crippen LogP contribution in [0.1, 0.15) is 56.7 Å². The first kappa shape index (κ1) is 30.2. The van der Waals surface area contributed by atoms with Gasteiger partial charge in [-0.15, -0.1) is 0 Å². The van der Waals surface area contributed by atoms with Gasteiger partial charge in [-0.05, 0) is 81.5 Å². The Hall–Kier alpha value is -3.07. The van der Waals surface area contributed by atoms with E-state index in [0.717, 1.165) is 16.7 Å². The molecule has 0 spiro atoms. The summed E-state index contributed by atoms with van der Waals surface area (Å²) in [6.07, 6.45) is 2.06. The second-order valence-corrected chi connectivity index (χ2v) is 11.6. The summed E-state index contributed by atoms with van der Waals surface area (Å²) in [7, 11) is -1.95. The Morgan fingerprint density at radius 3 is 2.11 bits per heavy atom. The number of anilines is 1. The summed E-state index contributed by atoms with van der Waals surface area (Å²) < 4.78 is 31.7. The SMILES string of the molecule is CCC(C(=O)NC(C)C)N(Cc1ccc(OC)cc1)C(=O)CCCN(c1cc(C)cc(C)c1)S(C)(=O)=O. The third-order valence-corrected chi connectivity index (χ3v) is 7.17. The molecule has 0 aliphatic carbocycles. The molecule has 8 nitrogen and oxygen atoms in total. The Bertz CT molecular complexity index is 1140. The monoisotopic (exact) mass is 531 g/mol. The molecule has 204 valence electrons. The molecule has 0 aliphatic heterocycles. The van der Waals surface area contributed by atoms with Crippen molar-refractivity contribution in [2.75, 3.05) is 24.2 Å². The number of hydrogen-bond acceptors (Lipinski definition) is 5. The lowest BCUT2D eigenvalue weighted by Gasteiger charge is -2.31. The summed E-state index contributed by atoms with van der Waals surface area (Å²) in [6, 6.07) is 12.3. The first-order chi connectivity index (χ1) is 17.3. The summed E-state index contributed by atoms with van der Waals surface area (Å²) >= 11 is 0. The number of hydrogen-bond donors (Lipinski definition) is 1. The largest absolute Gasteiger partial charge is 0.497 e. The molecule has 0 saturated heterocycles. The van der Waals surface area contributed by atoms with Gasteiger partial charge in [0.2, 0.25) is 21.8 Å². The van der Waals surface area contributed by atoms with Crippen molar-refractivity contribution >= 4 is 27.5 Å². The van der Waals surface area contributed by atoms with Crippen molar-refractivity contribution in [2.24, 2.45) is 0 Å². The minimum Gasteiger partial charge on any atom is -0.497 e. The van der Waals surface area contributed by atoms with Gasteiger partial charge < -0.3 is 15.0 Å². The molecule has 1 atom stereocenters. The number of nitrogens with one attached hydrogen (secondary N) is 1. The van der Waals surface area contributed by atoms with Crippen LogP contribution in [-0.4, -0.2) is 57.1 Å². The van der Waals surface area contributed by atoms with Crippen molar-refractivity contribution in [2.45, 2.75) is 72.5 Å². The topological polar surface area (TPSA) is 96.0 Å². The molecule has 2 aromatic carbocycles. The number of methoxy groups -OCH3 is 1. The van der Waals surface area contributed by atoms with Gasteiger partial charge in [0.25, 0.3) is 0 Å². The molecule has 2 amide bonds. The number of amides is 2. The normalized spacial score (nSPS) is 12.2. The molecule has 2 aromatic rings. The number of nitrogens with zero attached hydrogens (tertiary/aromatic N) is 2. The van der Waals surface area contributed by atoms with E-state index < -0.39 is 16.1 Å². The van der Waals surface area contributed by atoms with Crippen molar-refractivity contribution in [3.8, 4) is 5.75 Å². The Labute approximate surface area is 222 Å². The predicted octanol–water partition coefficient (Wildman–Crippen LogP) is 4.19. The Morgan fingerprint density at radius 1 is 1.03 bits per heavy atom. The highest BCUT2D eigenvalue weighted by Crippen LogP contribution is 2.23. The molecule has 0 bridgehead atoms. The lowest BCUT2D eigenvalue weighted by atomic mass is 10.1. The van der Waals surface area contributed by atoms with E-state index in [1.165, 1.54) is 10.6 Å². The fraction of sp³-hybridized carbons (Fsp3) is 0.500. The van der Waals surface area contributed by atoms with E-state index in [1.54, 1.807) is 12.0 Å². The molecular formula is C28H41N3O5S. The third-order valence-electron chi connectivity index (χ3n) is 5.98. The van der Waals surface area contributed by atoms with E-state index in [-0.39, 0.29) is 37.4 Å². The van der Waals surface area contributed by atoms with Crippen LogP contribution in [0.2, 0.25) is 0 Å². The maximum atomic E-state index is 13.5. The van der Waals surface area contributed by atoms with Gasteiger partial charge in [0, 0.05) is 25.6 Å². The standard InChI is InChI=1S/C28H41N3O5S/c1-8-26(28(33)29-20(2)3)30(19-23-11-13-25(36-6)14-12-23)27(32)10-9-15-31(37(7,34)35)24-17-21(4)16-22(5)18-24/h11-14,16-18,20,26H,8-10,15,19H2,1-7H3,(H,29,33). The quantitative estimate of drug-likeness (QED) is 0.418. The highest BCUT2D eigenvalue weighted by molar-refractivity contribution is 7.92. The summed E-state index contributed by atoms with van der Waals surface area (Å²) in [5.41, 5.74) is 3.39. The zero-order valence-electron chi connectivity index (χ0n) is 23.1. The third kappa shape index (κ3) is 9.07. The maximum absolute atomic E-state index is 13.5. The Balaban J connectivity index is 2.24. The zero-order valence-corrected chi connectivity index (χ0v) is 23.9. The molecular weight excluding hydrogens is 490 g/mol. The zero-order chi connectivity index (χ0) is 27.8. The summed E-state index contributed by atoms with van der Waals surface area (Å²) in [4.78, 5) is 28.1. The van der Waals surface area contributed by atoms with Crippen molar-refractivity contribution in [3.63, 3.8) is 0 Å². The van der Waals surface area contributed by atoms with Crippen molar-refractivity contribution < 1.29 is 22.7 Å². The number of sulfonamides is 1. The van der Waals surface area contributed by atoms with Crippen molar-refractivity contribution in [1.29, 1.82) is 0 Å².